The van der Waals surface area contributed by atoms with Gasteiger partial charge in [0.05, 0.1) is 29.1 Å². The van der Waals surface area contributed by atoms with Crippen LogP contribution in [0.5, 0.6) is 11.6 Å². The fraction of sp³-hybridized carbons (Fsp3) is 0.348. The largest absolute Gasteiger partial charge is 0.438 e. The molecular formula is C23H25ClF4N6O3S. The fourth-order valence-corrected chi connectivity index (χ4v) is 4.73. The first-order valence-electron chi connectivity index (χ1n) is 11.4. The van der Waals surface area contributed by atoms with Crippen molar-refractivity contribution in [2.75, 3.05) is 28.9 Å². The van der Waals surface area contributed by atoms with Crippen LogP contribution < -0.4 is 20.1 Å². The Morgan fingerprint density at radius 3 is 2.66 bits per heavy atom. The molecule has 9 nitrogen and oxygen atoms in total. The molecule has 0 amide bonds. The quantitative estimate of drug-likeness (QED) is 0.312. The van der Waals surface area contributed by atoms with Crippen molar-refractivity contribution < 1.29 is 30.7 Å². The molecule has 1 saturated heterocycles. The van der Waals surface area contributed by atoms with Crippen molar-refractivity contribution in [2.24, 2.45) is 0 Å². The molecule has 1 aliphatic rings. The Bertz CT molecular complexity index is 1340. The molecule has 1 atom stereocenters. The van der Waals surface area contributed by atoms with E-state index in [1.807, 2.05) is 4.72 Å². The maximum absolute atomic E-state index is 14.6. The number of aromatic nitrogens is 3. The summed E-state index contributed by atoms with van der Waals surface area (Å²) in [6.07, 6.45) is -1.10. The van der Waals surface area contributed by atoms with Crippen molar-refractivity contribution in [1.29, 1.82) is 0 Å². The SMILES string of the molecule is Cl.O=S(=O)(CCC(F)(F)F)Nc1ccc(Oc2ncccc2-c2ccnc(NC3CCCNC3)n2)cc1F. The summed E-state index contributed by atoms with van der Waals surface area (Å²) in [5, 5.41) is 6.60. The second kappa shape index (κ2) is 12.5. The Hall–Kier alpha value is -3.23. The number of pyridine rings is 1. The number of alkyl halides is 3. The van der Waals surface area contributed by atoms with Crippen molar-refractivity contribution >= 4 is 34.1 Å². The number of halogens is 5. The van der Waals surface area contributed by atoms with Crippen LogP contribution in [0.1, 0.15) is 19.3 Å². The van der Waals surface area contributed by atoms with E-state index in [1.165, 1.54) is 12.3 Å². The number of nitrogens with one attached hydrogen (secondary N) is 3. The van der Waals surface area contributed by atoms with Gasteiger partial charge in [-0.2, -0.15) is 13.2 Å². The van der Waals surface area contributed by atoms with E-state index in [2.05, 4.69) is 25.6 Å². The number of rotatable bonds is 9. The van der Waals surface area contributed by atoms with Gasteiger partial charge in [0.15, 0.2) is 5.82 Å². The standard InChI is InChI=1S/C23H24F4N6O3S.ClH/c24-18-13-16(5-6-20(18)33-37(34,35)12-8-23(25,26)27)36-21-17(4-2-10-29-21)19-7-11-30-22(32-19)31-15-3-1-9-28-14-15;/h2,4-7,10-11,13,15,28,33H,1,3,8-9,12,14H2,(H,30,31,32);1H. The molecule has 1 aromatic carbocycles. The van der Waals surface area contributed by atoms with Crippen molar-refractivity contribution in [1.82, 2.24) is 20.3 Å². The van der Waals surface area contributed by atoms with Crippen LogP contribution >= 0.6 is 12.4 Å². The van der Waals surface area contributed by atoms with Gasteiger partial charge in [-0.3, -0.25) is 4.72 Å². The number of hydrogen-bond donors (Lipinski definition) is 3. The van der Waals surface area contributed by atoms with Crippen LogP contribution in [-0.2, 0) is 10.0 Å². The number of nitrogens with zero attached hydrogens (tertiary/aromatic N) is 3. The molecule has 38 heavy (non-hydrogen) atoms. The Kier molecular flexibility index (Phi) is 9.68. The van der Waals surface area contributed by atoms with Crippen molar-refractivity contribution in [3.05, 3.63) is 54.6 Å². The van der Waals surface area contributed by atoms with Crippen LogP contribution in [0, 0.1) is 5.82 Å². The molecule has 0 bridgehead atoms. The smallest absolute Gasteiger partial charge is 0.390 e. The van der Waals surface area contributed by atoms with Crippen molar-refractivity contribution in [3.8, 4) is 22.9 Å². The Labute approximate surface area is 222 Å². The summed E-state index contributed by atoms with van der Waals surface area (Å²) in [7, 11) is -4.41. The molecule has 206 valence electrons. The summed E-state index contributed by atoms with van der Waals surface area (Å²) in [5.41, 5.74) is 0.519. The van der Waals surface area contributed by atoms with Gasteiger partial charge in [0.1, 0.15) is 5.75 Å². The summed E-state index contributed by atoms with van der Waals surface area (Å²) >= 11 is 0. The van der Waals surface area contributed by atoms with E-state index in [-0.39, 0.29) is 30.1 Å². The summed E-state index contributed by atoms with van der Waals surface area (Å²) in [6.45, 7) is 1.77. The molecular weight excluding hydrogens is 552 g/mol. The van der Waals surface area contributed by atoms with E-state index < -0.39 is 39.9 Å². The second-order valence-electron chi connectivity index (χ2n) is 8.34. The molecule has 15 heteroatoms. The third kappa shape index (κ3) is 8.39. The summed E-state index contributed by atoms with van der Waals surface area (Å²) in [6, 6.07) is 8.51. The average molecular weight is 577 g/mol. The van der Waals surface area contributed by atoms with E-state index in [4.69, 9.17) is 4.74 Å². The lowest BCUT2D eigenvalue weighted by atomic mass is 10.1. The molecule has 0 radical (unpaired) electrons. The molecule has 0 aliphatic carbocycles. The highest BCUT2D eigenvalue weighted by Crippen LogP contribution is 2.32. The second-order valence-corrected chi connectivity index (χ2v) is 10.2. The van der Waals surface area contributed by atoms with E-state index in [0.29, 0.717) is 17.2 Å². The average Bonchev–Trinajstić information content (AvgIpc) is 2.85. The van der Waals surface area contributed by atoms with Crippen LogP contribution in [-0.4, -0.2) is 54.4 Å². The van der Waals surface area contributed by atoms with Gasteiger partial charge in [0.25, 0.3) is 0 Å². The number of anilines is 2. The minimum absolute atomic E-state index is 0. The highest BCUT2D eigenvalue weighted by atomic mass is 35.5. The topological polar surface area (TPSA) is 118 Å². The zero-order valence-electron chi connectivity index (χ0n) is 19.8. The zero-order valence-corrected chi connectivity index (χ0v) is 21.5. The maximum atomic E-state index is 14.6. The van der Waals surface area contributed by atoms with Gasteiger partial charge in [-0.1, -0.05) is 0 Å². The molecule has 0 spiro atoms. The van der Waals surface area contributed by atoms with Crippen molar-refractivity contribution in [2.45, 2.75) is 31.5 Å². The van der Waals surface area contributed by atoms with Crippen LogP contribution in [0.15, 0.2) is 48.8 Å². The van der Waals surface area contributed by atoms with Crippen LogP contribution in [0.3, 0.4) is 0 Å². The van der Waals surface area contributed by atoms with Gasteiger partial charge in [-0.05, 0) is 49.7 Å². The van der Waals surface area contributed by atoms with Crippen LogP contribution in [0.4, 0.5) is 29.2 Å². The molecule has 1 unspecified atom stereocenters. The fourth-order valence-electron chi connectivity index (χ4n) is 3.63. The normalized spacial score (nSPS) is 15.8. The molecule has 1 fully saturated rings. The highest BCUT2D eigenvalue weighted by molar-refractivity contribution is 7.92. The minimum atomic E-state index is -4.65. The van der Waals surface area contributed by atoms with E-state index in [1.54, 1.807) is 24.4 Å². The van der Waals surface area contributed by atoms with E-state index in [9.17, 15) is 26.0 Å². The van der Waals surface area contributed by atoms with Crippen molar-refractivity contribution in [3.63, 3.8) is 0 Å². The van der Waals surface area contributed by atoms with Gasteiger partial charge in [0.2, 0.25) is 21.9 Å². The number of piperidine rings is 1. The summed E-state index contributed by atoms with van der Waals surface area (Å²) in [4.78, 5) is 13.0. The maximum Gasteiger partial charge on any atom is 0.390 e. The predicted molar refractivity (Wildman–Crippen MR) is 137 cm³/mol. The number of sulfonamides is 1. The van der Waals surface area contributed by atoms with Gasteiger partial charge in [0, 0.05) is 31.0 Å². The van der Waals surface area contributed by atoms with Gasteiger partial charge >= 0.3 is 6.18 Å². The number of ether oxygens (including phenoxy) is 1. The molecule has 0 saturated carbocycles. The Morgan fingerprint density at radius 2 is 1.95 bits per heavy atom. The number of hydrogen-bond acceptors (Lipinski definition) is 8. The van der Waals surface area contributed by atoms with E-state index >= 15 is 0 Å². The third-order valence-electron chi connectivity index (χ3n) is 5.41. The molecule has 1 aliphatic heterocycles. The molecule has 2 aromatic heterocycles. The Morgan fingerprint density at radius 1 is 1.13 bits per heavy atom. The first kappa shape index (κ1) is 29.3. The first-order valence-corrected chi connectivity index (χ1v) is 13.0. The van der Waals surface area contributed by atoms with Gasteiger partial charge in [-0.25, -0.2) is 27.8 Å². The zero-order chi connectivity index (χ0) is 26.5. The lowest BCUT2D eigenvalue weighted by Crippen LogP contribution is -2.38. The first-order chi connectivity index (χ1) is 17.6. The van der Waals surface area contributed by atoms with Crippen LogP contribution in [0.2, 0.25) is 0 Å². The number of benzene rings is 1. The molecule has 4 rings (SSSR count). The third-order valence-corrected chi connectivity index (χ3v) is 6.68. The molecule has 3 aromatic rings. The summed E-state index contributed by atoms with van der Waals surface area (Å²) < 4.78 is 83.0. The monoisotopic (exact) mass is 576 g/mol. The minimum Gasteiger partial charge on any atom is -0.438 e. The molecule has 3 heterocycles. The van der Waals surface area contributed by atoms with Gasteiger partial charge < -0.3 is 15.4 Å². The Balaban J connectivity index is 0.00000400. The molecule has 3 N–H and O–H groups in total. The predicted octanol–water partition coefficient (Wildman–Crippen LogP) is 4.75. The lowest BCUT2D eigenvalue weighted by Gasteiger charge is -2.23. The summed E-state index contributed by atoms with van der Waals surface area (Å²) in [5.74, 6) is -1.70. The lowest BCUT2D eigenvalue weighted by molar-refractivity contribution is -0.129. The van der Waals surface area contributed by atoms with Gasteiger partial charge in [-0.15, -0.1) is 12.4 Å². The van der Waals surface area contributed by atoms with Crippen LogP contribution in [0.25, 0.3) is 11.3 Å². The highest BCUT2D eigenvalue weighted by Gasteiger charge is 2.30. The van der Waals surface area contributed by atoms with E-state index in [0.717, 1.165) is 38.1 Å².